The van der Waals surface area contributed by atoms with Gasteiger partial charge in [0, 0.05) is 10.9 Å². The summed E-state index contributed by atoms with van der Waals surface area (Å²) >= 11 is 1.31. The summed E-state index contributed by atoms with van der Waals surface area (Å²) in [5.41, 5.74) is 7.81. The normalized spacial score (nSPS) is 12.5. The number of benzene rings is 1. The van der Waals surface area contributed by atoms with Gasteiger partial charge in [-0.1, -0.05) is 6.07 Å². The van der Waals surface area contributed by atoms with Crippen LogP contribution in [-0.4, -0.2) is 19.9 Å². The number of hydrogen-bond acceptors (Lipinski definition) is 6. The summed E-state index contributed by atoms with van der Waals surface area (Å²) in [5.74, 6) is 0.927. The number of hydrogen-bond donors (Lipinski definition) is 1. The molecule has 3 rings (SSSR count). The minimum atomic E-state index is -0.439. The number of nitrogen functional groups attached to an aromatic ring is 1. The lowest BCUT2D eigenvalue weighted by Gasteiger charge is -2.05. The highest BCUT2D eigenvalue weighted by atomic mass is 32.1. The Hall–Kier alpha value is -2.21. The predicted octanol–water partition coefficient (Wildman–Crippen LogP) is 2.51. The molecule has 2 heterocycles. The molecule has 0 fully saturated rings. The maximum absolute atomic E-state index is 11.8. The van der Waals surface area contributed by atoms with E-state index in [1.165, 1.54) is 18.4 Å². The van der Waals surface area contributed by atoms with E-state index in [2.05, 4.69) is 0 Å². The Balaban J connectivity index is 2.10. The largest absolute Gasteiger partial charge is 0.465 e. The van der Waals surface area contributed by atoms with E-state index >= 15 is 0 Å². The molecule has 6 heteroatoms. The lowest BCUT2D eigenvalue weighted by Crippen LogP contribution is -2.04. The topological polar surface area (TPSA) is 70.8 Å². The van der Waals surface area contributed by atoms with E-state index in [1.54, 1.807) is 0 Å². The number of esters is 1. The summed E-state index contributed by atoms with van der Waals surface area (Å²) in [6.45, 7) is 0.217. The minimum Gasteiger partial charge on any atom is -0.465 e. The molecule has 2 N–H and O–H groups in total. The van der Waals surface area contributed by atoms with Crippen LogP contribution in [0.5, 0.6) is 11.5 Å². The van der Waals surface area contributed by atoms with Crippen LogP contribution in [0.15, 0.2) is 23.6 Å². The molecule has 0 aliphatic carbocycles. The van der Waals surface area contributed by atoms with Crippen molar-refractivity contribution in [3.8, 4) is 22.6 Å². The van der Waals surface area contributed by atoms with Gasteiger partial charge in [0.25, 0.3) is 0 Å². The molecule has 0 saturated carbocycles. The van der Waals surface area contributed by atoms with E-state index in [1.807, 2.05) is 23.6 Å². The van der Waals surface area contributed by atoms with Crippen molar-refractivity contribution in [1.29, 1.82) is 0 Å². The Kier molecular flexibility index (Phi) is 2.79. The molecular weight excluding hydrogens is 266 g/mol. The molecular formula is C13H11NO4S. The number of methoxy groups -OCH3 is 1. The Morgan fingerprint density at radius 3 is 2.95 bits per heavy atom. The lowest BCUT2D eigenvalue weighted by molar-refractivity contribution is 0.0603. The van der Waals surface area contributed by atoms with Crippen molar-refractivity contribution in [2.75, 3.05) is 19.6 Å². The van der Waals surface area contributed by atoms with Crippen LogP contribution in [0.1, 0.15) is 10.4 Å². The maximum Gasteiger partial charge on any atom is 0.341 e. The molecule has 1 aliphatic rings. The smallest absolute Gasteiger partial charge is 0.341 e. The number of thiophene rings is 1. The SMILES string of the molecule is COC(=O)c1c(-c2ccc3c(c2)OCO3)csc1N. The van der Waals surface area contributed by atoms with E-state index in [9.17, 15) is 4.79 Å². The van der Waals surface area contributed by atoms with Crippen LogP contribution in [0.25, 0.3) is 11.1 Å². The van der Waals surface area contributed by atoms with Gasteiger partial charge < -0.3 is 19.9 Å². The lowest BCUT2D eigenvalue weighted by atomic mass is 10.0. The second-order valence-corrected chi connectivity index (χ2v) is 4.86. The van der Waals surface area contributed by atoms with E-state index < -0.39 is 5.97 Å². The fraction of sp³-hybridized carbons (Fsp3) is 0.154. The second kappa shape index (κ2) is 4.47. The molecule has 2 aromatic rings. The van der Waals surface area contributed by atoms with Gasteiger partial charge in [0.2, 0.25) is 6.79 Å². The summed E-state index contributed by atoms with van der Waals surface area (Å²) in [6.07, 6.45) is 0. The standard InChI is InChI=1S/C13H11NO4S/c1-16-13(15)11-8(5-19-12(11)14)7-2-3-9-10(4-7)18-6-17-9/h2-5H,6,14H2,1H3. The highest BCUT2D eigenvalue weighted by Crippen LogP contribution is 2.39. The average Bonchev–Trinajstić information content (AvgIpc) is 3.03. The van der Waals surface area contributed by atoms with Gasteiger partial charge in [0.05, 0.1) is 7.11 Å². The van der Waals surface area contributed by atoms with Crippen LogP contribution >= 0.6 is 11.3 Å². The summed E-state index contributed by atoms with van der Waals surface area (Å²) in [7, 11) is 1.34. The van der Waals surface area contributed by atoms with Crippen LogP contribution in [0.2, 0.25) is 0 Å². The zero-order valence-electron chi connectivity index (χ0n) is 10.1. The molecule has 0 unspecified atom stereocenters. The molecule has 0 atom stereocenters. The molecule has 0 bridgehead atoms. The van der Waals surface area contributed by atoms with Gasteiger partial charge in [-0.05, 0) is 17.7 Å². The molecule has 1 aromatic carbocycles. The van der Waals surface area contributed by atoms with Crippen LogP contribution in [0.3, 0.4) is 0 Å². The first-order valence-corrected chi connectivity index (χ1v) is 6.44. The first kappa shape index (κ1) is 11.9. The average molecular weight is 277 g/mol. The summed E-state index contributed by atoms with van der Waals surface area (Å²) in [6, 6.07) is 5.50. The van der Waals surface area contributed by atoms with Gasteiger partial charge in [-0.15, -0.1) is 11.3 Å². The zero-order valence-corrected chi connectivity index (χ0v) is 11.0. The monoisotopic (exact) mass is 277 g/mol. The molecule has 0 amide bonds. The van der Waals surface area contributed by atoms with Gasteiger partial charge in [-0.3, -0.25) is 0 Å². The molecule has 0 saturated heterocycles. The van der Waals surface area contributed by atoms with Crippen molar-refractivity contribution < 1.29 is 19.0 Å². The fourth-order valence-corrected chi connectivity index (χ4v) is 2.77. The third kappa shape index (κ3) is 1.90. The van der Waals surface area contributed by atoms with Crippen molar-refractivity contribution in [1.82, 2.24) is 0 Å². The molecule has 1 aromatic heterocycles. The third-order valence-electron chi connectivity index (χ3n) is 2.89. The van der Waals surface area contributed by atoms with Crippen molar-refractivity contribution in [2.45, 2.75) is 0 Å². The van der Waals surface area contributed by atoms with Crippen LogP contribution < -0.4 is 15.2 Å². The number of nitrogens with two attached hydrogens (primary N) is 1. The van der Waals surface area contributed by atoms with Crippen LogP contribution in [0, 0.1) is 0 Å². The molecule has 1 aliphatic heterocycles. The molecule has 19 heavy (non-hydrogen) atoms. The van der Waals surface area contributed by atoms with Gasteiger partial charge in [-0.25, -0.2) is 4.79 Å². The number of fused-ring (bicyclic) bond motifs is 1. The Morgan fingerprint density at radius 1 is 1.37 bits per heavy atom. The Bertz CT molecular complexity index is 650. The maximum atomic E-state index is 11.8. The number of anilines is 1. The summed E-state index contributed by atoms with van der Waals surface area (Å²) < 4.78 is 15.3. The van der Waals surface area contributed by atoms with Crippen molar-refractivity contribution in [3.05, 3.63) is 29.1 Å². The van der Waals surface area contributed by atoms with Gasteiger partial charge in [0.1, 0.15) is 10.6 Å². The van der Waals surface area contributed by atoms with Gasteiger partial charge in [0.15, 0.2) is 11.5 Å². The quantitative estimate of drug-likeness (QED) is 0.854. The van der Waals surface area contributed by atoms with E-state index in [-0.39, 0.29) is 6.79 Å². The first-order chi connectivity index (χ1) is 9.20. The summed E-state index contributed by atoms with van der Waals surface area (Å²) in [4.78, 5) is 11.8. The summed E-state index contributed by atoms with van der Waals surface area (Å²) in [5, 5.41) is 2.28. The first-order valence-electron chi connectivity index (χ1n) is 5.56. The number of ether oxygens (including phenoxy) is 3. The van der Waals surface area contributed by atoms with E-state index in [4.69, 9.17) is 19.9 Å². The minimum absolute atomic E-state index is 0.217. The molecule has 5 nitrogen and oxygen atoms in total. The van der Waals surface area contributed by atoms with Crippen molar-refractivity contribution in [3.63, 3.8) is 0 Å². The third-order valence-corrected chi connectivity index (χ3v) is 3.70. The fourth-order valence-electron chi connectivity index (χ4n) is 1.96. The van der Waals surface area contributed by atoms with Crippen LogP contribution in [-0.2, 0) is 4.74 Å². The number of carbonyl (C=O) groups excluding carboxylic acids is 1. The van der Waals surface area contributed by atoms with Gasteiger partial charge in [-0.2, -0.15) is 0 Å². The van der Waals surface area contributed by atoms with E-state index in [0.717, 1.165) is 11.1 Å². The van der Waals surface area contributed by atoms with Crippen LogP contribution in [0.4, 0.5) is 5.00 Å². The Labute approximate surface area is 113 Å². The highest BCUT2D eigenvalue weighted by molar-refractivity contribution is 7.14. The number of rotatable bonds is 2. The second-order valence-electron chi connectivity index (χ2n) is 3.95. The van der Waals surface area contributed by atoms with Crippen molar-refractivity contribution >= 4 is 22.3 Å². The van der Waals surface area contributed by atoms with Gasteiger partial charge >= 0.3 is 5.97 Å². The Morgan fingerprint density at radius 2 is 2.16 bits per heavy atom. The molecule has 0 radical (unpaired) electrons. The predicted molar refractivity (Wildman–Crippen MR) is 71.6 cm³/mol. The molecule has 98 valence electrons. The van der Waals surface area contributed by atoms with Crippen molar-refractivity contribution in [2.24, 2.45) is 0 Å². The molecule has 0 spiro atoms. The zero-order chi connectivity index (χ0) is 13.4. The highest BCUT2D eigenvalue weighted by Gasteiger charge is 2.21. The number of carbonyl (C=O) groups is 1. The van der Waals surface area contributed by atoms with E-state index in [0.29, 0.717) is 22.1 Å².